The molecule has 154 valence electrons. The largest absolute Gasteiger partial charge is 0.454 e. The van der Waals surface area contributed by atoms with Crippen LogP contribution in [0.4, 0.5) is 26.3 Å². The van der Waals surface area contributed by atoms with Gasteiger partial charge in [-0.15, -0.1) is 10.2 Å². The van der Waals surface area contributed by atoms with Crippen molar-refractivity contribution < 1.29 is 35.8 Å². The van der Waals surface area contributed by atoms with Crippen molar-refractivity contribution in [3.05, 3.63) is 36.0 Å². The topological polar surface area (TPSA) is 74.4 Å². The lowest BCUT2D eigenvalue weighted by molar-refractivity contribution is -0.323. The molecule has 13 heteroatoms. The monoisotopic (exact) mass is 419 g/mol. The second-order valence-corrected chi connectivity index (χ2v) is 6.50. The summed E-state index contributed by atoms with van der Waals surface area (Å²) in [6, 6.07) is 3.53. The fraction of sp³-hybridized carbons (Fsp3) is 0.375. The molecule has 1 saturated heterocycles. The van der Waals surface area contributed by atoms with Crippen molar-refractivity contribution in [2.75, 3.05) is 13.2 Å². The Balaban J connectivity index is 1.68. The summed E-state index contributed by atoms with van der Waals surface area (Å²) >= 11 is 0. The van der Waals surface area contributed by atoms with Crippen molar-refractivity contribution >= 4 is 5.65 Å². The van der Waals surface area contributed by atoms with E-state index in [0.29, 0.717) is 6.92 Å². The minimum Gasteiger partial charge on any atom is -0.454 e. The van der Waals surface area contributed by atoms with Gasteiger partial charge in [-0.2, -0.15) is 31.6 Å². The summed E-state index contributed by atoms with van der Waals surface area (Å²) in [4.78, 5) is 3.59. The Hall–Kier alpha value is -2.96. The molecule has 3 aromatic heterocycles. The van der Waals surface area contributed by atoms with Crippen LogP contribution >= 0.6 is 0 Å². The van der Waals surface area contributed by atoms with E-state index < -0.39 is 48.4 Å². The summed E-state index contributed by atoms with van der Waals surface area (Å²) in [5.41, 5.74) is -2.57. The maximum Gasteiger partial charge on any atom is 0.432 e. The lowest BCUT2D eigenvalue weighted by Gasteiger charge is -2.41. The molecule has 0 aliphatic carbocycles. The Morgan fingerprint density at radius 1 is 1.14 bits per heavy atom. The van der Waals surface area contributed by atoms with Gasteiger partial charge < -0.3 is 9.47 Å². The molecule has 4 heterocycles. The van der Waals surface area contributed by atoms with Crippen LogP contribution in [0.5, 0.6) is 5.88 Å². The number of hydrogen-bond donors (Lipinski definition) is 0. The normalized spacial score (nSPS) is 16.7. The molecule has 0 unspecified atom stereocenters. The van der Waals surface area contributed by atoms with Crippen molar-refractivity contribution in [1.29, 1.82) is 0 Å². The summed E-state index contributed by atoms with van der Waals surface area (Å²) in [5.74, 6) is -6.09. The molecule has 0 bridgehead atoms. The zero-order valence-electron chi connectivity index (χ0n) is 14.5. The molecule has 1 fully saturated rings. The van der Waals surface area contributed by atoms with Crippen LogP contribution in [0.25, 0.3) is 16.9 Å². The lowest BCUT2D eigenvalue weighted by atomic mass is 10.0. The first-order valence-corrected chi connectivity index (χ1v) is 8.10. The van der Waals surface area contributed by atoms with Gasteiger partial charge in [-0.1, -0.05) is 0 Å². The van der Waals surface area contributed by atoms with Crippen LogP contribution in [0, 0.1) is 5.82 Å². The highest BCUT2D eigenvalue weighted by molar-refractivity contribution is 5.59. The third-order valence-corrected chi connectivity index (χ3v) is 4.24. The molecule has 0 aromatic carbocycles. The molecular formula is C16H11F6N5O2. The molecule has 29 heavy (non-hydrogen) atoms. The molecule has 0 spiro atoms. The lowest BCUT2D eigenvalue weighted by Crippen LogP contribution is -2.64. The minimum atomic E-state index is -4.78. The van der Waals surface area contributed by atoms with E-state index in [1.165, 1.54) is 12.1 Å². The quantitative estimate of drug-likeness (QED) is 0.605. The number of aromatic nitrogens is 5. The standard InChI is InChI=1S/C16H11F6N5O2/c1-14(18,19)13-25-24-11-3-2-10(26-27(11)13)8-4-9(17)12(23-5-8)29-15(6-28-7-15)16(20,21)22/h2-5H,6-7H2,1H3. The maximum absolute atomic E-state index is 14.4. The molecule has 0 atom stereocenters. The van der Waals surface area contributed by atoms with Crippen LogP contribution in [-0.2, 0) is 10.7 Å². The predicted molar refractivity (Wildman–Crippen MR) is 83.8 cm³/mol. The van der Waals surface area contributed by atoms with E-state index in [0.717, 1.165) is 16.8 Å². The van der Waals surface area contributed by atoms with Crippen LogP contribution in [-0.4, -0.2) is 49.8 Å². The second-order valence-electron chi connectivity index (χ2n) is 6.50. The molecule has 0 amide bonds. The summed E-state index contributed by atoms with van der Waals surface area (Å²) in [7, 11) is 0. The van der Waals surface area contributed by atoms with E-state index >= 15 is 0 Å². The Bertz CT molecular complexity index is 1070. The van der Waals surface area contributed by atoms with E-state index in [2.05, 4.69) is 25.0 Å². The van der Waals surface area contributed by atoms with Gasteiger partial charge in [0.05, 0.1) is 18.9 Å². The van der Waals surface area contributed by atoms with Crippen molar-refractivity contribution in [2.45, 2.75) is 24.6 Å². The van der Waals surface area contributed by atoms with E-state index in [4.69, 9.17) is 4.74 Å². The van der Waals surface area contributed by atoms with E-state index in [1.54, 1.807) is 0 Å². The summed E-state index contributed by atoms with van der Waals surface area (Å²) in [6.45, 7) is -0.940. The molecule has 1 aliphatic heterocycles. The molecule has 4 rings (SSSR count). The van der Waals surface area contributed by atoms with Gasteiger partial charge in [-0.3, -0.25) is 0 Å². The molecule has 0 N–H and O–H groups in total. The number of halogens is 6. The molecule has 7 nitrogen and oxygen atoms in total. The number of rotatable bonds is 4. The van der Waals surface area contributed by atoms with Crippen molar-refractivity contribution in [3.8, 4) is 17.1 Å². The Morgan fingerprint density at radius 2 is 1.86 bits per heavy atom. The van der Waals surface area contributed by atoms with Gasteiger partial charge in [0, 0.05) is 18.7 Å². The third-order valence-electron chi connectivity index (χ3n) is 4.24. The maximum atomic E-state index is 14.4. The van der Waals surface area contributed by atoms with Crippen molar-refractivity contribution in [2.24, 2.45) is 0 Å². The average molecular weight is 419 g/mol. The van der Waals surface area contributed by atoms with Gasteiger partial charge in [0.2, 0.25) is 5.82 Å². The van der Waals surface area contributed by atoms with Gasteiger partial charge in [0.25, 0.3) is 11.5 Å². The highest BCUT2D eigenvalue weighted by Crippen LogP contribution is 2.40. The first kappa shape index (κ1) is 19.4. The fourth-order valence-electron chi connectivity index (χ4n) is 2.61. The van der Waals surface area contributed by atoms with Gasteiger partial charge in [-0.25, -0.2) is 9.37 Å². The van der Waals surface area contributed by atoms with Crippen LogP contribution < -0.4 is 4.74 Å². The molecule has 0 saturated carbocycles. The Kier molecular flexibility index (Phi) is 4.19. The molecule has 0 radical (unpaired) electrons. The van der Waals surface area contributed by atoms with Gasteiger partial charge in [0.15, 0.2) is 11.5 Å². The number of pyridine rings is 1. The van der Waals surface area contributed by atoms with Crippen LogP contribution in [0.15, 0.2) is 24.4 Å². The first-order valence-electron chi connectivity index (χ1n) is 8.10. The molecule has 3 aromatic rings. The number of alkyl halides is 5. The van der Waals surface area contributed by atoms with Gasteiger partial charge in [-0.05, 0) is 18.2 Å². The Labute approximate surface area is 158 Å². The molecule has 1 aliphatic rings. The average Bonchev–Trinajstić information content (AvgIpc) is 3.01. The van der Waals surface area contributed by atoms with Crippen molar-refractivity contribution in [3.63, 3.8) is 0 Å². The van der Waals surface area contributed by atoms with Crippen LogP contribution in [0.2, 0.25) is 0 Å². The van der Waals surface area contributed by atoms with Gasteiger partial charge >= 0.3 is 12.1 Å². The predicted octanol–water partition coefficient (Wildman–Crippen LogP) is 3.15. The number of nitrogens with zero attached hydrogens (tertiary/aromatic N) is 5. The summed E-state index contributed by atoms with van der Waals surface area (Å²) < 4.78 is 91.1. The van der Waals surface area contributed by atoms with Crippen LogP contribution in [0.1, 0.15) is 12.7 Å². The van der Waals surface area contributed by atoms with Crippen LogP contribution in [0.3, 0.4) is 0 Å². The summed E-state index contributed by atoms with van der Waals surface area (Å²) in [5, 5.41) is 10.9. The zero-order chi connectivity index (χ0) is 21.0. The SMILES string of the molecule is CC(F)(F)c1nnc2ccc(-c3cnc(OC4(C(F)(F)F)COC4)c(F)c3)nn12. The number of fused-ring (bicyclic) bond motifs is 1. The van der Waals surface area contributed by atoms with E-state index in [-0.39, 0.29) is 16.9 Å². The number of hydrogen-bond acceptors (Lipinski definition) is 6. The smallest absolute Gasteiger partial charge is 0.432 e. The van der Waals surface area contributed by atoms with E-state index in [9.17, 15) is 26.3 Å². The zero-order valence-corrected chi connectivity index (χ0v) is 14.5. The first-order chi connectivity index (χ1) is 13.5. The Morgan fingerprint density at radius 3 is 2.41 bits per heavy atom. The van der Waals surface area contributed by atoms with Crippen molar-refractivity contribution in [1.82, 2.24) is 24.8 Å². The summed E-state index contributed by atoms with van der Waals surface area (Å²) in [6.07, 6.45) is -3.76. The number of ether oxygens (including phenoxy) is 2. The van der Waals surface area contributed by atoms with E-state index in [1.807, 2.05) is 0 Å². The molecular weight excluding hydrogens is 408 g/mol. The van der Waals surface area contributed by atoms with Gasteiger partial charge in [0.1, 0.15) is 0 Å². The highest BCUT2D eigenvalue weighted by Gasteiger charge is 2.63. The third kappa shape index (κ3) is 3.24. The fourth-order valence-corrected chi connectivity index (χ4v) is 2.61. The second kappa shape index (κ2) is 6.27. The minimum absolute atomic E-state index is 0.0262. The highest BCUT2D eigenvalue weighted by atomic mass is 19.4.